The first-order valence-corrected chi connectivity index (χ1v) is 9.17. The topological polar surface area (TPSA) is 79.8 Å². The lowest BCUT2D eigenvalue weighted by atomic mass is 10.1. The smallest absolute Gasteiger partial charge is 0.247 e. The third kappa shape index (κ3) is 2.94. The van der Waals surface area contributed by atoms with E-state index in [0.717, 1.165) is 11.3 Å². The normalized spacial score (nSPS) is 14.2. The summed E-state index contributed by atoms with van der Waals surface area (Å²) in [4.78, 5) is 16.9. The maximum absolute atomic E-state index is 13.7. The molecule has 7 nitrogen and oxygen atoms in total. The van der Waals surface area contributed by atoms with Crippen LogP contribution in [0.25, 0.3) is 16.9 Å². The molecular weight excluding hydrogens is 371 g/mol. The number of anilines is 3. The average Bonchev–Trinajstić information content (AvgIpc) is 3.31. The number of benzene rings is 2. The SMILES string of the molecule is Nc1cccc(-c2cnc3ccc(N4CCC(=O)N4c4cccc(F)c4)nn23)c1. The number of hydrogen-bond donors (Lipinski definition) is 1. The third-order valence-corrected chi connectivity index (χ3v) is 4.86. The zero-order valence-electron chi connectivity index (χ0n) is 15.4. The van der Waals surface area contributed by atoms with Crippen LogP contribution >= 0.6 is 0 Å². The van der Waals surface area contributed by atoms with Crippen molar-refractivity contribution < 1.29 is 9.18 Å². The van der Waals surface area contributed by atoms with E-state index in [2.05, 4.69) is 4.98 Å². The van der Waals surface area contributed by atoms with Crippen LogP contribution in [0, 0.1) is 5.82 Å². The lowest BCUT2D eigenvalue weighted by Crippen LogP contribution is -2.40. The Hall–Kier alpha value is -3.94. The minimum absolute atomic E-state index is 0.112. The van der Waals surface area contributed by atoms with Gasteiger partial charge in [-0.3, -0.25) is 9.80 Å². The molecule has 0 spiro atoms. The molecule has 0 atom stereocenters. The second-order valence-corrected chi connectivity index (χ2v) is 6.79. The highest BCUT2D eigenvalue weighted by atomic mass is 19.1. The van der Waals surface area contributed by atoms with Crippen molar-refractivity contribution in [2.75, 3.05) is 22.3 Å². The molecule has 2 aromatic heterocycles. The fourth-order valence-electron chi connectivity index (χ4n) is 3.55. The zero-order valence-corrected chi connectivity index (χ0v) is 15.4. The maximum atomic E-state index is 13.7. The highest BCUT2D eigenvalue weighted by molar-refractivity contribution is 5.98. The molecular formula is C21H17FN6O. The molecule has 29 heavy (non-hydrogen) atoms. The van der Waals surface area contributed by atoms with Gasteiger partial charge >= 0.3 is 0 Å². The lowest BCUT2D eigenvalue weighted by molar-refractivity contribution is -0.117. The van der Waals surface area contributed by atoms with Gasteiger partial charge in [0, 0.05) is 17.7 Å². The van der Waals surface area contributed by atoms with Gasteiger partial charge in [-0.1, -0.05) is 18.2 Å². The molecule has 2 aromatic carbocycles. The van der Waals surface area contributed by atoms with E-state index in [4.69, 9.17) is 10.8 Å². The molecule has 0 aliphatic carbocycles. The molecule has 1 amide bonds. The zero-order chi connectivity index (χ0) is 20.0. The molecule has 1 saturated heterocycles. The standard InChI is InChI=1S/C21H17FN6O/c22-15-4-2-6-17(12-15)28-21(29)9-10-26(28)20-8-7-19-24-13-18(27(19)25-20)14-3-1-5-16(23)11-14/h1-8,11-13H,9-10,23H2. The van der Waals surface area contributed by atoms with Gasteiger partial charge in [-0.25, -0.2) is 18.9 Å². The number of imidazole rings is 1. The second-order valence-electron chi connectivity index (χ2n) is 6.79. The van der Waals surface area contributed by atoms with Crippen molar-refractivity contribution in [2.24, 2.45) is 0 Å². The van der Waals surface area contributed by atoms with Gasteiger partial charge in [0.25, 0.3) is 0 Å². The monoisotopic (exact) mass is 388 g/mol. The van der Waals surface area contributed by atoms with Crippen molar-refractivity contribution in [1.82, 2.24) is 14.6 Å². The summed E-state index contributed by atoms with van der Waals surface area (Å²) in [5, 5.41) is 7.92. The quantitative estimate of drug-likeness (QED) is 0.545. The highest BCUT2D eigenvalue weighted by Gasteiger charge is 2.32. The molecule has 4 aromatic rings. The number of halogens is 1. The number of nitrogens with zero attached hydrogens (tertiary/aromatic N) is 5. The van der Waals surface area contributed by atoms with Gasteiger partial charge in [0.05, 0.1) is 24.1 Å². The van der Waals surface area contributed by atoms with Crippen LogP contribution in [0.5, 0.6) is 0 Å². The molecule has 1 fully saturated rings. The van der Waals surface area contributed by atoms with Gasteiger partial charge in [0.15, 0.2) is 11.5 Å². The Morgan fingerprint density at radius 1 is 1.03 bits per heavy atom. The van der Waals surface area contributed by atoms with Crippen molar-refractivity contribution in [1.29, 1.82) is 0 Å². The number of amides is 1. The van der Waals surface area contributed by atoms with Crippen molar-refractivity contribution in [3.8, 4) is 11.3 Å². The molecule has 8 heteroatoms. The van der Waals surface area contributed by atoms with Crippen LogP contribution in [0.3, 0.4) is 0 Å². The largest absolute Gasteiger partial charge is 0.399 e. The summed E-state index contributed by atoms with van der Waals surface area (Å²) in [6.07, 6.45) is 2.06. The number of nitrogen functional groups attached to an aromatic ring is 1. The molecule has 0 unspecified atom stereocenters. The van der Waals surface area contributed by atoms with E-state index in [1.807, 2.05) is 30.3 Å². The van der Waals surface area contributed by atoms with Crippen LogP contribution in [-0.4, -0.2) is 27.0 Å². The van der Waals surface area contributed by atoms with E-state index in [9.17, 15) is 9.18 Å². The number of carbonyl (C=O) groups excluding carboxylic acids is 1. The Balaban J connectivity index is 1.59. The van der Waals surface area contributed by atoms with Gasteiger partial charge in [-0.2, -0.15) is 0 Å². The minimum atomic E-state index is -0.399. The Morgan fingerprint density at radius 3 is 2.72 bits per heavy atom. The number of rotatable bonds is 3. The predicted octanol–water partition coefficient (Wildman–Crippen LogP) is 3.28. The van der Waals surface area contributed by atoms with Crippen molar-refractivity contribution >= 4 is 28.7 Å². The maximum Gasteiger partial charge on any atom is 0.247 e. The van der Waals surface area contributed by atoms with Crippen LogP contribution < -0.4 is 15.8 Å². The van der Waals surface area contributed by atoms with E-state index in [0.29, 0.717) is 35.8 Å². The van der Waals surface area contributed by atoms with Crippen LogP contribution in [0.4, 0.5) is 21.6 Å². The van der Waals surface area contributed by atoms with E-state index in [1.165, 1.54) is 17.1 Å². The van der Waals surface area contributed by atoms with Gasteiger partial charge in [0.1, 0.15) is 5.82 Å². The van der Waals surface area contributed by atoms with Crippen molar-refractivity contribution in [3.05, 3.63) is 72.7 Å². The van der Waals surface area contributed by atoms with E-state index < -0.39 is 5.82 Å². The molecule has 144 valence electrons. The summed E-state index contributed by atoms with van der Waals surface area (Å²) >= 11 is 0. The predicted molar refractivity (Wildman–Crippen MR) is 109 cm³/mol. The Kier molecular flexibility index (Phi) is 3.90. The summed E-state index contributed by atoms with van der Waals surface area (Å²) in [6, 6.07) is 17.1. The number of carbonyl (C=O) groups is 1. The van der Waals surface area contributed by atoms with Gasteiger partial charge in [0.2, 0.25) is 5.91 Å². The fourth-order valence-corrected chi connectivity index (χ4v) is 3.55. The Labute approximate surface area is 165 Å². The minimum Gasteiger partial charge on any atom is -0.399 e. The molecule has 3 heterocycles. The summed E-state index contributed by atoms with van der Waals surface area (Å²) in [6.45, 7) is 0.455. The molecule has 5 rings (SSSR count). The number of nitrogens with two attached hydrogens (primary N) is 1. The number of aromatic nitrogens is 3. The Morgan fingerprint density at radius 2 is 1.90 bits per heavy atom. The van der Waals surface area contributed by atoms with Crippen LogP contribution in [0.15, 0.2) is 66.9 Å². The van der Waals surface area contributed by atoms with E-state index >= 15 is 0 Å². The second kappa shape index (κ2) is 6.59. The van der Waals surface area contributed by atoms with Gasteiger partial charge in [-0.15, -0.1) is 5.10 Å². The van der Waals surface area contributed by atoms with Crippen LogP contribution in [0.1, 0.15) is 6.42 Å². The van der Waals surface area contributed by atoms with Crippen molar-refractivity contribution in [2.45, 2.75) is 6.42 Å². The Bertz CT molecular complexity index is 1240. The summed E-state index contributed by atoms with van der Waals surface area (Å²) in [5.41, 5.74) is 9.39. The summed E-state index contributed by atoms with van der Waals surface area (Å²) in [7, 11) is 0. The van der Waals surface area contributed by atoms with Crippen LogP contribution in [0.2, 0.25) is 0 Å². The van der Waals surface area contributed by atoms with Crippen molar-refractivity contribution in [3.63, 3.8) is 0 Å². The summed E-state index contributed by atoms with van der Waals surface area (Å²) in [5.74, 6) is 0.0547. The third-order valence-electron chi connectivity index (χ3n) is 4.86. The van der Waals surface area contributed by atoms with Gasteiger partial charge in [-0.05, 0) is 42.5 Å². The first-order valence-electron chi connectivity index (χ1n) is 9.17. The fraction of sp³-hybridized carbons (Fsp3) is 0.0952. The first kappa shape index (κ1) is 17.2. The number of fused-ring (bicyclic) bond motifs is 1. The molecule has 1 aliphatic rings. The average molecular weight is 388 g/mol. The molecule has 0 saturated carbocycles. The first-order chi connectivity index (χ1) is 14.1. The molecule has 1 aliphatic heterocycles. The van der Waals surface area contributed by atoms with Gasteiger partial charge < -0.3 is 5.73 Å². The number of hydrazine groups is 1. The molecule has 0 radical (unpaired) electrons. The summed E-state index contributed by atoms with van der Waals surface area (Å²) < 4.78 is 15.4. The van der Waals surface area contributed by atoms with Crippen LogP contribution in [-0.2, 0) is 4.79 Å². The number of hydrogen-bond acceptors (Lipinski definition) is 5. The molecule has 0 bridgehead atoms. The van der Waals surface area contributed by atoms with E-state index in [1.54, 1.807) is 33.9 Å². The highest BCUT2D eigenvalue weighted by Crippen LogP contribution is 2.29. The van der Waals surface area contributed by atoms with E-state index in [-0.39, 0.29) is 5.91 Å². The lowest BCUT2D eigenvalue weighted by Gasteiger charge is -2.28. The molecule has 2 N–H and O–H groups in total.